The van der Waals surface area contributed by atoms with E-state index in [1.54, 1.807) is 6.92 Å². The minimum atomic E-state index is -0.714. The Hall–Kier alpha value is -1.78. The highest BCUT2D eigenvalue weighted by Gasteiger charge is 2.18. The summed E-state index contributed by atoms with van der Waals surface area (Å²) >= 11 is 0. The summed E-state index contributed by atoms with van der Waals surface area (Å²) in [6.07, 6.45) is 0. The van der Waals surface area contributed by atoms with Crippen molar-refractivity contribution in [1.29, 1.82) is 0 Å². The van der Waals surface area contributed by atoms with E-state index < -0.39 is 17.2 Å². The first-order valence-electron chi connectivity index (χ1n) is 5.59. The monoisotopic (exact) mass is 252 g/mol. The number of aromatic nitrogens is 2. The minimum Gasteiger partial charge on any atom is -0.471 e. The summed E-state index contributed by atoms with van der Waals surface area (Å²) in [7, 11) is 0. The topological polar surface area (TPSA) is 35.0 Å². The van der Waals surface area contributed by atoms with Crippen LogP contribution in [0.2, 0.25) is 0 Å². The lowest BCUT2D eigenvalue weighted by Gasteiger charge is -2.21. The summed E-state index contributed by atoms with van der Waals surface area (Å²) in [5.74, 6) is -0.809. The van der Waals surface area contributed by atoms with Crippen LogP contribution in [0.1, 0.15) is 26.6 Å². The van der Waals surface area contributed by atoms with Crippen LogP contribution in [0.4, 0.5) is 8.78 Å². The van der Waals surface area contributed by atoms with Crippen molar-refractivity contribution >= 4 is 10.9 Å². The molecular weight excluding hydrogens is 238 g/mol. The zero-order chi connectivity index (χ0) is 13.5. The second-order valence-electron chi connectivity index (χ2n) is 5.07. The number of fused-ring (bicyclic) bond motifs is 1. The van der Waals surface area contributed by atoms with Gasteiger partial charge < -0.3 is 4.74 Å². The maximum absolute atomic E-state index is 13.7. The number of hydrogen-bond donors (Lipinski definition) is 0. The molecule has 0 saturated heterocycles. The van der Waals surface area contributed by atoms with Crippen molar-refractivity contribution in [3.63, 3.8) is 0 Å². The first-order valence-corrected chi connectivity index (χ1v) is 5.59. The average molecular weight is 252 g/mol. The van der Waals surface area contributed by atoms with Crippen molar-refractivity contribution in [3.8, 4) is 5.88 Å². The fourth-order valence-corrected chi connectivity index (χ4v) is 1.60. The molecule has 1 aromatic heterocycles. The van der Waals surface area contributed by atoms with Gasteiger partial charge in [0.1, 0.15) is 22.8 Å². The maximum Gasteiger partial charge on any atom is 0.225 e. The fourth-order valence-electron chi connectivity index (χ4n) is 1.60. The van der Waals surface area contributed by atoms with Gasteiger partial charge in [-0.15, -0.1) is 0 Å². The molecule has 0 radical (unpaired) electrons. The largest absolute Gasteiger partial charge is 0.471 e. The molecule has 0 amide bonds. The molecule has 0 bridgehead atoms. The van der Waals surface area contributed by atoms with E-state index in [1.807, 2.05) is 20.8 Å². The van der Waals surface area contributed by atoms with Gasteiger partial charge in [0.15, 0.2) is 5.82 Å². The average Bonchev–Trinajstić information content (AvgIpc) is 2.17. The van der Waals surface area contributed by atoms with Crippen LogP contribution in [0.5, 0.6) is 5.88 Å². The molecule has 2 rings (SSSR count). The normalized spacial score (nSPS) is 11.9. The van der Waals surface area contributed by atoms with Crippen molar-refractivity contribution in [2.75, 3.05) is 0 Å². The number of nitrogens with zero attached hydrogens (tertiary/aromatic N) is 2. The Morgan fingerprint density at radius 2 is 1.78 bits per heavy atom. The highest BCUT2D eigenvalue weighted by Crippen LogP contribution is 2.28. The van der Waals surface area contributed by atoms with Gasteiger partial charge in [0.05, 0.1) is 5.39 Å². The highest BCUT2D eigenvalue weighted by molar-refractivity contribution is 5.84. The van der Waals surface area contributed by atoms with Gasteiger partial charge in [-0.1, -0.05) is 0 Å². The molecule has 0 N–H and O–H groups in total. The Kier molecular flexibility index (Phi) is 2.92. The molecule has 5 heteroatoms. The van der Waals surface area contributed by atoms with Crippen LogP contribution in [-0.4, -0.2) is 15.6 Å². The van der Waals surface area contributed by atoms with E-state index >= 15 is 0 Å². The Bertz CT molecular complexity index is 606. The standard InChI is InChI=1S/C13H14F2N2O/c1-7-16-11-9(5-8(14)6-10(11)15)12(17-7)18-13(2,3)4/h5-6H,1-4H3. The summed E-state index contributed by atoms with van der Waals surface area (Å²) in [4.78, 5) is 8.08. The molecule has 0 unspecified atom stereocenters. The van der Waals surface area contributed by atoms with Gasteiger partial charge in [-0.25, -0.2) is 13.8 Å². The molecule has 1 aromatic carbocycles. The van der Waals surface area contributed by atoms with Crippen LogP contribution in [0, 0.1) is 18.6 Å². The first-order chi connectivity index (χ1) is 8.26. The number of aryl methyl sites for hydroxylation is 1. The maximum atomic E-state index is 13.7. The van der Waals surface area contributed by atoms with Crippen LogP contribution >= 0.6 is 0 Å². The first kappa shape index (κ1) is 12.7. The second-order valence-corrected chi connectivity index (χ2v) is 5.07. The van der Waals surface area contributed by atoms with Crippen LogP contribution in [-0.2, 0) is 0 Å². The van der Waals surface area contributed by atoms with Gasteiger partial charge in [0.2, 0.25) is 5.88 Å². The second kappa shape index (κ2) is 4.15. The molecule has 0 atom stereocenters. The van der Waals surface area contributed by atoms with E-state index in [2.05, 4.69) is 9.97 Å². The number of halogens is 2. The lowest BCUT2D eigenvalue weighted by Crippen LogP contribution is -2.24. The smallest absolute Gasteiger partial charge is 0.225 e. The number of benzene rings is 1. The Morgan fingerprint density at radius 3 is 2.39 bits per heavy atom. The van der Waals surface area contributed by atoms with E-state index in [1.165, 1.54) is 6.07 Å². The zero-order valence-corrected chi connectivity index (χ0v) is 10.7. The third-order valence-electron chi connectivity index (χ3n) is 2.20. The van der Waals surface area contributed by atoms with E-state index in [4.69, 9.17) is 4.74 Å². The fraction of sp³-hybridized carbons (Fsp3) is 0.385. The molecule has 96 valence electrons. The van der Waals surface area contributed by atoms with Crippen molar-refractivity contribution in [1.82, 2.24) is 9.97 Å². The summed E-state index contributed by atoms with van der Waals surface area (Å²) in [5.41, 5.74) is -0.431. The molecule has 0 spiro atoms. The van der Waals surface area contributed by atoms with Crippen molar-refractivity contribution in [2.24, 2.45) is 0 Å². The van der Waals surface area contributed by atoms with Crippen molar-refractivity contribution in [2.45, 2.75) is 33.3 Å². The van der Waals surface area contributed by atoms with Crippen LogP contribution in [0.15, 0.2) is 12.1 Å². The van der Waals surface area contributed by atoms with Gasteiger partial charge in [0.25, 0.3) is 0 Å². The molecule has 3 nitrogen and oxygen atoms in total. The molecule has 2 aromatic rings. The van der Waals surface area contributed by atoms with Crippen LogP contribution < -0.4 is 4.74 Å². The quantitative estimate of drug-likeness (QED) is 0.780. The van der Waals surface area contributed by atoms with Gasteiger partial charge in [-0.05, 0) is 33.8 Å². The Balaban J connectivity index is 2.72. The van der Waals surface area contributed by atoms with Gasteiger partial charge >= 0.3 is 0 Å². The van der Waals surface area contributed by atoms with E-state index in [9.17, 15) is 8.78 Å². The van der Waals surface area contributed by atoms with E-state index in [0.29, 0.717) is 5.82 Å². The molecule has 0 saturated carbocycles. The third kappa shape index (κ3) is 2.55. The molecule has 18 heavy (non-hydrogen) atoms. The predicted octanol–water partition coefficient (Wildman–Crippen LogP) is 3.39. The minimum absolute atomic E-state index is 0.0724. The summed E-state index contributed by atoms with van der Waals surface area (Å²) in [6.45, 7) is 7.15. The summed E-state index contributed by atoms with van der Waals surface area (Å²) < 4.78 is 32.5. The van der Waals surface area contributed by atoms with Gasteiger partial charge in [-0.3, -0.25) is 0 Å². The van der Waals surface area contributed by atoms with E-state index in [-0.39, 0.29) is 16.8 Å². The van der Waals surface area contributed by atoms with Gasteiger partial charge in [-0.2, -0.15) is 4.98 Å². The highest BCUT2D eigenvalue weighted by atomic mass is 19.1. The van der Waals surface area contributed by atoms with Crippen LogP contribution in [0.3, 0.4) is 0 Å². The Labute approximate surface area is 104 Å². The summed E-state index contributed by atoms with van der Waals surface area (Å²) in [6, 6.07) is 1.98. The third-order valence-corrected chi connectivity index (χ3v) is 2.20. The summed E-state index contributed by atoms with van der Waals surface area (Å²) in [5, 5.41) is 0.244. The SMILES string of the molecule is Cc1nc(OC(C)(C)C)c2cc(F)cc(F)c2n1. The predicted molar refractivity (Wildman–Crippen MR) is 64.6 cm³/mol. The lowest BCUT2D eigenvalue weighted by molar-refractivity contribution is 0.126. The van der Waals surface area contributed by atoms with Gasteiger partial charge in [0, 0.05) is 6.07 Å². The van der Waals surface area contributed by atoms with E-state index in [0.717, 1.165) is 6.07 Å². The molecule has 1 heterocycles. The van der Waals surface area contributed by atoms with Crippen LogP contribution in [0.25, 0.3) is 10.9 Å². The van der Waals surface area contributed by atoms with Crippen molar-refractivity contribution < 1.29 is 13.5 Å². The molecule has 0 aliphatic heterocycles. The molecule has 0 aliphatic carbocycles. The molecular formula is C13H14F2N2O. The van der Waals surface area contributed by atoms with Crippen molar-refractivity contribution in [3.05, 3.63) is 29.6 Å². The Morgan fingerprint density at radius 1 is 1.11 bits per heavy atom. The zero-order valence-electron chi connectivity index (χ0n) is 10.7. The molecule has 0 aliphatic rings. The number of rotatable bonds is 1. The number of hydrogen-bond acceptors (Lipinski definition) is 3. The number of ether oxygens (including phenoxy) is 1. The molecule has 0 fully saturated rings. The lowest BCUT2D eigenvalue weighted by atomic mass is 10.2.